The van der Waals surface area contributed by atoms with Crippen LogP contribution in [-0.4, -0.2) is 13.1 Å². The third-order valence-electron chi connectivity index (χ3n) is 4.63. The standard InChI is InChI=1S/C13H25N/c1-10-4-6-11(7-5-10)12(14-3)13(2)8-9-13/h10-12,14H,4-9H2,1-3H3. The molecule has 0 bridgehead atoms. The Morgan fingerprint density at radius 2 is 1.71 bits per heavy atom. The molecule has 0 aromatic rings. The molecule has 1 N–H and O–H groups in total. The summed E-state index contributed by atoms with van der Waals surface area (Å²) in [5, 5.41) is 3.59. The second-order valence-corrected chi connectivity index (χ2v) is 5.94. The molecular formula is C13H25N. The van der Waals surface area contributed by atoms with Crippen LogP contribution >= 0.6 is 0 Å². The van der Waals surface area contributed by atoms with Gasteiger partial charge in [0.1, 0.15) is 0 Å². The van der Waals surface area contributed by atoms with Crippen molar-refractivity contribution in [3.8, 4) is 0 Å². The lowest BCUT2D eigenvalue weighted by molar-refractivity contribution is 0.186. The number of rotatable bonds is 3. The van der Waals surface area contributed by atoms with E-state index in [4.69, 9.17) is 0 Å². The lowest BCUT2D eigenvalue weighted by Crippen LogP contribution is -2.41. The highest BCUT2D eigenvalue weighted by Crippen LogP contribution is 2.52. The average Bonchev–Trinajstić information content (AvgIpc) is 2.89. The molecule has 0 spiro atoms. The SMILES string of the molecule is CNC(C1CCC(C)CC1)C1(C)CC1. The van der Waals surface area contributed by atoms with E-state index in [9.17, 15) is 0 Å². The zero-order valence-electron chi connectivity index (χ0n) is 9.97. The summed E-state index contributed by atoms with van der Waals surface area (Å²) < 4.78 is 0. The number of hydrogen-bond acceptors (Lipinski definition) is 1. The zero-order chi connectivity index (χ0) is 10.2. The van der Waals surface area contributed by atoms with Crippen LogP contribution in [0.4, 0.5) is 0 Å². The van der Waals surface area contributed by atoms with E-state index in [0.29, 0.717) is 5.41 Å². The fourth-order valence-corrected chi connectivity index (χ4v) is 3.28. The topological polar surface area (TPSA) is 12.0 Å². The van der Waals surface area contributed by atoms with Crippen LogP contribution in [0, 0.1) is 17.3 Å². The monoisotopic (exact) mass is 195 g/mol. The molecule has 0 amide bonds. The van der Waals surface area contributed by atoms with Crippen LogP contribution in [-0.2, 0) is 0 Å². The van der Waals surface area contributed by atoms with Crippen LogP contribution in [0.2, 0.25) is 0 Å². The molecule has 2 fully saturated rings. The molecule has 0 heterocycles. The van der Waals surface area contributed by atoms with Gasteiger partial charge >= 0.3 is 0 Å². The van der Waals surface area contributed by atoms with E-state index >= 15 is 0 Å². The summed E-state index contributed by atoms with van der Waals surface area (Å²) in [6.45, 7) is 4.87. The first-order valence-corrected chi connectivity index (χ1v) is 6.33. The first-order valence-electron chi connectivity index (χ1n) is 6.33. The minimum atomic E-state index is 0.653. The Balaban J connectivity index is 1.92. The second kappa shape index (κ2) is 3.84. The Morgan fingerprint density at radius 1 is 1.14 bits per heavy atom. The van der Waals surface area contributed by atoms with Crippen LogP contribution in [0.5, 0.6) is 0 Å². The quantitative estimate of drug-likeness (QED) is 0.729. The summed E-state index contributed by atoms with van der Waals surface area (Å²) in [4.78, 5) is 0. The van der Waals surface area contributed by atoms with Gasteiger partial charge in [0.15, 0.2) is 0 Å². The molecule has 1 atom stereocenters. The van der Waals surface area contributed by atoms with Gasteiger partial charge in [-0.2, -0.15) is 0 Å². The molecule has 1 unspecified atom stereocenters. The Hall–Kier alpha value is -0.0400. The van der Waals surface area contributed by atoms with E-state index in [2.05, 4.69) is 26.2 Å². The molecule has 0 aromatic carbocycles. The van der Waals surface area contributed by atoms with Gasteiger partial charge < -0.3 is 5.32 Å². The molecule has 14 heavy (non-hydrogen) atoms. The fraction of sp³-hybridized carbons (Fsp3) is 1.00. The van der Waals surface area contributed by atoms with E-state index in [-0.39, 0.29) is 0 Å². The van der Waals surface area contributed by atoms with Gasteiger partial charge in [0.05, 0.1) is 0 Å². The van der Waals surface area contributed by atoms with Crippen molar-refractivity contribution in [2.24, 2.45) is 17.3 Å². The van der Waals surface area contributed by atoms with Crippen molar-refractivity contribution in [2.75, 3.05) is 7.05 Å². The summed E-state index contributed by atoms with van der Waals surface area (Å²) in [5.74, 6) is 1.94. The van der Waals surface area contributed by atoms with Gasteiger partial charge in [0.2, 0.25) is 0 Å². The van der Waals surface area contributed by atoms with Crippen LogP contribution < -0.4 is 5.32 Å². The third kappa shape index (κ3) is 1.98. The minimum absolute atomic E-state index is 0.653. The van der Waals surface area contributed by atoms with Crippen molar-refractivity contribution in [1.82, 2.24) is 5.32 Å². The van der Waals surface area contributed by atoms with Crippen molar-refractivity contribution < 1.29 is 0 Å². The molecule has 0 aromatic heterocycles. The summed E-state index contributed by atoms with van der Waals surface area (Å²) in [5.41, 5.74) is 0.653. The minimum Gasteiger partial charge on any atom is -0.316 e. The van der Waals surface area contributed by atoms with Crippen molar-refractivity contribution in [3.63, 3.8) is 0 Å². The maximum Gasteiger partial charge on any atom is 0.0146 e. The molecule has 2 aliphatic carbocycles. The molecule has 2 saturated carbocycles. The summed E-state index contributed by atoms with van der Waals surface area (Å²) in [6, 6.07) is 0.801. The molecule has 82 valence electrons. The normalized spacial score (nSPS) is 37.9. The highest BCUT2D eigenvalue weighted by Gasteiger charge is 2.47. The number of nitrogens with one attached hydrogen (secondary N) is 1. The highest BCUT2D eigenvalue weighted by molar-refractivity contribution is 5.01. The van der Waals surface area contributed by atoms with Gasteiger partial charge in [-0.1, -0.05) is 26.7 Å². The van der Waals surface area contributed by atoms with Crippen LogP contribution in [0.3, 0.4) is 0 Å². The molecule has 1 heteroatoms. The second-order valence-electron chi connectivity index (χ2n) is 5.94. The van der Waals surface area contributed by atoms with Crippen LogP contribution in [0.25, 0.3) is 0 Å². The molecule has 0 radical (unpaired) electrons. The lowest BCUT2D eigenvalue weighted by Gasteiger charge is -2.36. The Bertz CT molecular complexity index is 187. The maximum atomic E-state index is 3.59. The largest absolute Gasteiger partial charge is 0.316 e. The van der Waals surface area contributed by atoms with E-state index in [1.807, 2.05) is 0 Å². The molecule has 0 saturated heterocycles. The summed E-state index contributed by atoms with van der Waals surface area (Å²) >= 11 is 0. The summed E-state index contributed by atoms with van der Waals surface area (Å²) in [7, 11) is 2.16. The van der Waals surface area contributed by atoms with Gasteiger partial charge in [0, 0.05) is 6.04 Å². The number of hydrogen-bond donors (Lipinski definition) is 1. The van der Waals surface area contributed by atoms with Crippen molar-refractivity contribution in [2.45, 2.75) is 58.4 Å². The lowest BCUT2D eigenvalue weighted by atomic mass is 9.75. The first kappa shape index (κ1) is 10.5. The molecule has 1 nitrogen and oxygen atoms in total. The molecule has 2 aliphatic rings. The first-order chi connectivity index (χ1) is 6.65. The van der Waals surface area contributed by atoms with Gasteiger partial charge in [0.25, 0.3) is 0 Å². The predicted octanol–water partition coefficient (Wildman–Crippen LogP) is 3.20. The zero-order valence-corrected chi connectivity index (χ0v) is 9.97. The van der Waals surface area contributed by atoms with Gasteiger partial charge in [-0.15, -0.1) is 0 Å². The molecule has 0 aliphatic heterocycles. The predicted molar refractivity (Wildman–Crippen MR) is 61.3 cm³/mol. The van der Waals surface area contributed by atoms with E-state index in [0.717, 1.165) is 17.9 Å². The van der Waals surface area contributed by atoms with Gasteiger partial charge in [-0.05, 0) is 50.0 Å². The maximum absolute atomic E-state index is 3.59. The van der Waals surface area contributed by atoms with E-state index in [1.165, 1.54) is 38.5 Å². The van der Waals surface area contributed by atoms with Crippen LogP contribution in [0.1, 0.15) is 52.4 Å². The smallest absolute Gasteiger partial charge is 0.0146 e. The molecular weight excluding hydrogens is 170 g/mol. The van der Waals surface area contributed by atoms with Crippen molar-refractivity contribution in [1.29, 1.82) is 0 Å². The Morgan fingerprint density at radius 3 is 2.14 bits per heavy atom. The van der Waals surface area contributed by atoms with Gasteiger partial charge in [-0.25, -0.2) is 0 Å². The molecule has 2 rings (SSSR count). The van der Waals surface area contributed by atoms with Crippen molar-refractivity contribution in [3.05, 3.63) is 0 Å². The fourth-order valence-electron chi connectivity index (χ4n) is 3.28. The summed E-state index contributed by atoms with van der Waals surface area (Å²) in [6.07, 6.45) is 8.73. The van der Waals surface area contributed by atoms with Gasteiger partial charge in [-0.3, -0.25) is 0 Å². The third-order valence-corrected chi connectivity index (χ3v) is 4.63. The highest BCUT2D eigenvalue weighted by atomic mass is 14.9. The van der Waals surface area contributed by atoms with Crippen LogP contribution in [0.15, 0.2) is 0 Å². The van der Waals surface area contributed by atoms with E-state index in [1.54, 1.807) is 0 Å². The van der Waals surface area contributed by atoms with E-state index < -0.39 is 0 Å². The Labute approximate surface area is 88.7 Å². The Kier molecular flexibility index (Phi) is 2.88. The average molecular weight is 195 g/mol. The van der Waals surface area contributed by atoms with Crippen molar-refractivity contribution >= 4 is 0 Å².